The number of rotatable bonds is 6. The lowest BCUT2D eigenvalue weighted by molar-refractivity contribution is 0.0514. The molecule has 0 aliphatic heterocycles. The average molecular weight is 287 g/mol. The third-order valence-corrected chi connectivity index (χ3v) is 2.46. The summed E-state index contributed by atoms with van der Waals surface area (Å²) < 4.78 is 5.21. The molecule has 120 valence electrons. The highest BCUT2D eigenvalue weighted by atomic mass is 16.6. The highest BCUT2D eigenvalue weighted by molar-refractivity contribution is 5.67. The van der Waals surface area contributed by atoms with E-state index in [0.29, 0.717) is 6.54 Å². The topological polar surface area (TPSA) is 62.4 Å². The number of carbonyl (C=O) groups excluding carboxylic acids is 1. The molecule has 20 heavy (non-hydrogen) atoms. The number of hydrogen-bond acceptors (Lipinski definition) is 4. The van der Waals surface area contributed by atoms with Gasteiger partial charge in [-0.05, 0) is 55.4 Å². The second kappa shape index (κ2) is 7.27. The molecule has 5 heteroatoms. The molecule has 5 nitrogen and oxygen atoms in total. The zero-order valence-corrected chi connectivity index (χ0v) is 14.4. The van der Waals surface area contributed by atoms with Gasteiger partial charge in [0.05, 0.1) is 0 Å². The standard InChI is InChI=1S/C15H33N3O2/c1-13(2,3)17-9-10-18-15(7,8)11-16-12(19)20-14(4,5)6/h17-18H,9-11H2,1-8H3,(H,16,19). The summed E-state index contributed by atoms with van der Waals surface area (Å²) in [6.07, 6.45) is -0.375. The van der Waals surface area contributed by atoms with Crippen LogP contribution in [-0.2, 0) is 4.74 Å². The van der Waals surface area contributed by atoms with Gasteiger partial charge in [0.1, 0.15) is 5.60 Å². The second-order valence-electron chi connectivity index (χ2n) is 7.84. The first-order chi connectivity index (χ1) is 8.81. The van der Waals surface area contributed by atoms with Crippen molar-refractivity contribution < 1.29 is 9.53 Å². The van der Waals surface area contributed by atoms with E-state index in [4.69, 9.17) is 4.74 Å². The summed E-state index contributed by atoms with van der Waals surface area (Å²) in [5.74, 6) is 0. The lowest BCUT2D eigenvalue weighted by Gasteiger charge is -2.29. The maximum Gasteiger partial charge on any atom is 0.407 e. The Morgan fingerprint density at radius 1 is 0.900 bits per heavy atom. The van der Waals surface area contributed by atoms with Crippen LogP contribution in [0.3, 0.4) is 0 Å². The van der Waals surface area contributed by atoms with E-state index in [0.717, 1.165) is 13.1 Å². The summed E-state index contributed by atoms with van der Waals surface area (Å²) in [4.78, 5) is 11.6. The molecule has 0 rings (SSSR count). The lowest BCUT2D eigenvalue weighted by atomic mass is 10.1. The number of ether oxygens (including phenoxy) is 1. The van der Waals surface area contributed by atoms with Gasteiger partial charge in [-0.15, -0.1) is 0 Å². The van der Waals surface area contributed by atoms with Gasteiger partial charge in [-0.3, -0.25) is 0 Å². The van der Waals surface area contributed by atoms with Crippen LogP contribution >= 0.6 is 0 Å². The van der Waals surface area contributed by atoms with Gasteiger partial charge in [0.15, 0.2) is 0 Å². The van der Waals surface area contributed by atoms with Crippen LogP contribution in [0.15, 0.2) is 0 Å². The Labute approximate surface area is 124 Å². The third-order valence-electron chi connectivity index (χ3n) is 2.46. The van der Waals surface area contributed by atoms with Gasteiger partial charge in [-0.2, -0.15) is 0 Å². The molecule has 0 radical (unpaired) electrons. The maximum atomic E-state index is 11.6. The molecular formula is C15H33N3O2. The van der Waals surface area contributed by atoms with Gasteiger partial charge in [0.25, 0.3) is 0 Å². The number of alkyl carbamates (subject to hydrolysis) is 1. The van der Waals surface area contributed by atoms with Crippen LogP contribution in [0.2, 0.25) is 0 Å². The van der Waals surface area contributed by atoms with E-state index in [1.807, 2.05) is 20.8 Å². The fourth-order valence-electron chi connectivity index (χ4n) is 1.51. The van der Waals surface area contributed by atoms with Crippen LogP contribution in [0.5, 0.6) is 0 Å². The molecule has 0 saturated heterocycles. The van der Waals surface area contributed by atoms with Crippen molar-refractivity contribution in [3.63, 3.8) is 0 Å². The minimum Gasteiger partial charge on any atom is -0.444 e. The van der Waals surface area contributed by atoms with Crippen LogP contribution in [0.25, 0.3) is 0 Å². The van der Waals surface area contributed by atoms with Crippen molar-refractivity contribution in [2.75, 3.05) is 19.6 Å². The molecule has 1 amide bonds. The molecule has 0 aromatic heterocycles. The Kier molecular flexibility index (Phi) is 6.98. The van der Waals surface area contributed by atoms with E-state index in [-0.39, 0.29) is 17.2 Å². The summed E-state index contributed by atoms with van der Waals surface area (Å²) in [5, 5.41) is 9.63. The van der Waals surface area contributed by atoms with Crippen LogP contribution in [0, 0.1) is 0 Å². The van der Waals surface area contributed by atoms with Crippen molar-refractivity contribution in [3.05, 3.63) is 0 Å². The van der Waals surface area contributed by atoms with Gasteiger partial charge in [0.2, 0.25) is 0 Å². The molecule has 0 heterocycles. The van der Waals surface area contributed by atoms with Crippen molar-refractivity contribution in [1.82, 2.24) is 16.0 Å². The van der Waals surface area contributed by atoms with Gasteiger partial charge >= 0.3 is 6.09 Å². The molecule has 0 aliphatic rings. The predicted octanol–water partition coefficient (Wildman–Crippen LogP) is 2.27. The number of carbonyl (C=O) groups is 1. The van der Waals surface area contributed by atoms with Crippen molar-refractivity contribution >= 4 is 6.09 Å². The minimum atomic E-state index is -0.460. The molecule has 0 atom stereocenters. The number of hydrogen-bond donors (Lipinski definition) is 3. The van der Waals surface area contributed by atoms with E-state index in [1.54, 1.807) is 0 Å². The summed E-state index contributed by atoms with van der Waals surface area (Å²) in [7, 11) is 0. The third kappa shape index (κ3) is 12.2. The molecule has 0 aromatic carbocycles. The molecule has 0 aliphatic carbocycles. The maximum absolute atomic E-state index is 11.6. The van der Waals surface area contributed by atoms with E-state index in [1.165, 1.54) is 0 Å². The number of amides is 1. The Hall–Kier alpha value is -0.810. The zero-order valence-electron chi connectivity index (χ0n) is 14.4. The molecule has 0 unspecified atom stereocenters. The molecular weight excluding hydrogens is 254 g/mol. The van der Waals surface area contributed by atoms with Crippen LogP contribution in [-0.4, -0.2) is 42.4 Å². The van der Waals surface area contributed by atoms with Gasteiger partial charge in [0, 0.05) is 30.7 Å². The molecule has 0 spiro atoms. The molecule has 0 aromatic rings. The second-order valence-corrected chi connectivity index (χ2v) is 7.84. The first-order valence-electron chi connectivity index (χ1n) is 7.28. The van der Waals surface area contributed by atoms with E-state index in [9.17, 15) is 4.79 Å². The summed E-state index contributed by atoms with van der Waals surface area (Å²) in [5.41, 5.74) is -0.505. The lowest BCUT2D eigenvalue weighted by Crippen LogP contribution is -2.52. The largest absolute Gasteiger partial charge is 0.444 e. The summed E-state index contributed by atoms with van der Waals surface area (Å²) >= 11 is 0. The van der Waals surface area contributed by atoms with Crippen molar-refractivity contribution in [3.8, 4) is 0 Å². The first kappa shape index (κ1) is 19.2. The highest BCUT2D eigenvalue weighted by Crippen LogP contribution is 2.07. The summed E-state index contributed by atoms with van der Waals surface area (Å²) in [6.45, 7) is 18.4. The molecule has 0 bridgehead atoms. The first-order valence-corrected chi connectivity index (χ1v) is 7.28. The van der Waals surface area contributed by atoms with E-state index >= 15 is 0 Å². The predicted molar refractivity (Wildman–Crippen MR) is 84.1 cm³/mol. The average Bonchev–Trinajstić information content (AvgIpc) is 2.18. The Balaban J connectivity index is 3.93. The van der Waals surface area contributed by atoms with Gasteiger partial charge < -0.3 is 20.7 Å². The van der Waals surface area contributed by atoms with Crippen molar-refractivity contribution in [2.45, 2.75) is 72.1 Å². The molecule has 0 saturated carbocycles. The smallest absolute Gasteiger partial charge is 0.407 e. The Bertz CT molecular complexity index is 301. The van der Waals surface area contributed by atoms with Crippen LogP contribution < -0.4 is 16.0 Å². The Morgan fingerprint density at radius 3 is 1.85 bits per heavy atom. The van der Waals surface area contributed by atoms with E-state index in [2.05, 4.69) is 50.6 Å². The van der Waals surface area contributed by atoms with Crippen molar-refractivity contribution in [1.29, 1.82) is 0 Å². The van der Waals surface area contributed by atoms with E-state index < -0.39 is 5.60 Å². The van der Waals surface area contributed by atoms with Gasteiger partial charge in [-0.1, -0.05) is 0 Å². The molecule has 3 N–H and O–H groups in total. The Morgan fingerprint density at radius 2 is 1.40 bits per heavy atom. The van der Waals surface area contributed by atoms with Crippen LogP contribution in [0.1, 0.15) is 55.4 Å². The fourth-order valence-corrected chi connectivity index (χ4v) is 1.51. The monoisotopic (exact) mass is 287 g/mol. The van der Waals surface area contributed by atoms with Crippen molar-refractivity contribution in [2.24, 2.45) is 0 Å². The summed E-state index contributed by atoms with van der Waals surface area (Å²) in [6, 6.07) is 0. The molecule has 0 fully saturated rings. The normalized spacial score (nSPS) is 13.2. The zero-order chi connectivity index (χ0) is 16.0. The fraction of sp³-hybridized carbons (Fsp3) is 0.933. The SMILES string of the molecule is CC(C)(C)NCCNC(C)(C)CNC(=O)OC(C)(C)C. The number of nitrogens with one attached hydrogen (secondary N) is 3. The quantitative estimate of drug-likeness (QED) is 0.656. The van der Waals surface area contributed by atoms with Gasteiger partial charge in [-0.25, -0.2) is 4.79 Å². The highest BCUT2D eigenvalue weighted by Gasteiger charge is 2.21. The van der Waals surface area contributed by atoms with Crippen LogP contribution in [0.4, 0.5) is 4.79 Å². The minimum absolute atomic E-state index is 0.126.